The van der Waals surface area contributed by atoms with Crippen LogP contribution >= 0.6 is 0 Å². The van der Waals surface area contributed by atoms with E-state index in [1.165, 1.54) is 24.3 Å². The van der Waals surface area contributed by atoms with Crippen LogP contribution in [0.25, 0.3) is 0 Å². The van der Waals surface area contributed by atoms with E-state index < -0.39 is 30.3 Å². The molecule has 1 saturated carbocycles. The fourth-order valence-corrected chi connectivity index (χ4v) is 3.04. The number of nitrogens with zero attached hydrogens (tertiary/aromatic N) is 1. The van der Waals surface area contributed by atoms with Crippen molar-refractivity contribution in [2.75, 3.05) is 6.54 Å². The molecule has 0 radical (unpaired) electrons. The van der Waals surface area contributed by atoms with Crippen molar-refractivity contribution in [3.05, 3.63) is 35.6 Å². The molecule has 2 N–H and O–H groups in total. The van der Waals surface area contributed by atoms with Crippen LogP contribution in [0.1, 0.15) is 38.2 Å². The van der Waals surface area contributed by atoms with Gasteiger partial charge in [0.1, 0.15) is 18.4 Å². The molecule has 1 aromatic rings. The second kappa shape index (κ2) is 8.60. The Morgan fingerprint density at radius 2 is 1.84 bits per heavy atom. The Bertz CT molecular complexity index is 626. The third-order valence-corrected chi connectivity index (χ3v) is 4.38. The molecule has 1 aliphatic carbocycles. The minimum atomic E-state index is -1.15. The number of benzene rings is 1. The molecule has 0 aromatic heterocycles. The van der Waals surface area contributed by atoms with Gasteiger partial charge in [0.25, 0.3) is 0 Å². The molecular formula is C18H23FN2O4. The van der Waals surface area contributed by atoms with Gasteiger partial charge in [-0.15, -0.1) is 0 Å². The SMILES string of the molecule is CC(NC(=O)C1CCCC1)C(=O)N(CC(=O)O)Cc1ccc(F)cc1. The second-order valence-corrected chi connectivity index (χ2v) is 6.43. The van der Waals surface area contributed by atoms with E-state index in [4.69, 9.17) is 5.11 Å². The lowest BCUT2D eigenvalue weighted by Crippen LogP contribution is -2.49. The number of hydrogen-bond acceptors (Lipinski definition) is 3. The van der Waals surface area contributed by atoms with Crippen LogP contribution in [-0.4, -0.2) is 40.4 Å². The third-order valence-electron chi connectivity index (χ3n) is 4.38. The number of carbonyl (C=O) groups excluding carboxylic acids is 2. The summed E-state index contributed by atoms with van der Waals surface area (Å²) in [7, 11) is 0. The number of nitrogens with one attached hydrogen (secondary N) is 1. The predicted octanol–water partition coefficient (Wildman–Crippen LogP) is 1.93. The molecule has 0 spiro atoms. The average Bonchev–Trinajstić information content (AvgIpc) is 3.09. The van der Waals surface area contributed by atoms with E-state index in [1.807, 2.05) is 0 Å². The van der Waals surface area contributed by atoms with Crippen LogP contribution in [-0.2, 0) is 20.9 Å². The molecule has 0 aliphatic heterocycles. The van der Waals surface area contributed by atoms with Gasteiger partial charge in [-0.05, 0) is 37.5 Å². The van der Waals surface area contributed by atoms with Gasteiger partial charge in [0.2, 0.25) is 11.8 Å². The summed E-state index contributed by atoms with van der Waals surface area (Å²) >= 11 is 0. The molecule has 2 rings (SSSR count). The number of carboxylic acids is 1. The van der Waals surface area contributed by atoms with Crippen molar-refractivity contribution < 1.29 is 23.9 Å². The predicted molar refractivity (Wildman–Crippen MR) is 89.0 cm³/mol. The second-order valence-electron chi connectivity index (χ2n) is 6.43. The normalized spacial score (nSPS) is 15.6. The summed E-state index contributed by atoms with van der Waals surface area (Å²) < 4.78 is 13.0. The van der Waals surface area contributed by atoms with Crippen molar-refractivity contribution in [3.63, 3.8) is 0 Å². The van der Waals surface area contributed by atoms with Gasteiger partial charge < -0.3 is 15.3 Å². The molecule has 1 aliphatic rings. The first kappa shape index (κ1) is 18.9. The fraction of sp³-hybridized carbons (Fsp3) is 0.500. The van der Waals surface area contributed by atoms with Crippen molar-refractivity contribution in [1.82, 2.24) is 10.2 Å². The van der Waals surface area contributed by atoms with Crippen LogP contribution in [0.15, 0.2) is 24.3 Å². The standard InChI is InChI=1S/C18H23FN2O4/c1-12(20-17(24)14-4-2-3-5-14)18(25)21(11-16(22)23)10-13-6-8-15(19)9-7-13/h6-9,12,14H,2-5,10-11H2,1H3,(H,20,24)(H,22,23). The molecule has 1 atom stereocenters. The van der Waals surface area contributed by atoms with Crippen molar-refractivity contribution in [1.29, 1.82) is 0 Å². The van der Waals surface area contributed by atoms with Crippen molar-refractivity contribution in [3.8, 4) is 0 Å². The summed E-state index contributed by atoms with van der Waals surface area (Å²) in [4.78, 5) is 37.0. The Morgan fingerprint density at radius 3 is 2.40 bits per heavy atom. The van der Waals surface area contributed by atoms with Gasteiger partial charge in [-0.3, -0.25) is 14.4 Å². The Hall–Kier alpha value is -2.44. The maximum Gasteiger partial charge on any atom is 0.323 e. The summed E-state index contributed by atoms with van der Waals surface area (Å²) in [6.07, 6.45) is 3.66. The monoisotopic (exact) mass is 350 g/mol. The quantitative estimate of drug-likeness (QED) is 0.787. The topological polar surface area (TPSA) is 86.7 Å². The van der Waals surface area contributed by atoms with Gasteiger partial charge in [0, 0.05) is 12.5 Å². The zero-order chi connectivity index (χ0) is 18.4. The van der Waals surface area contributed by atoms with Crippen LogP contribution in [0.2, 0.25) is 0 Å². The molecule has 25 heavy (non-hydrogen) atoms. The largest absolute Gasteiger partial charge is 0.480 e. The van der Waals surface area contributed by atoms with E-state index in [9.17, 15) is 18.8 Å². The van der Waals surface area contributed by atoms with Crippen LogP contribution in [0.4, 0.5) is 4.39 Å². The molecule has 1 fully saturated rings. The zero-order valence-corrected chi connectivity index (χ0v) is 14.2. The summed E-state index contributed by atoms with van der Waals surface area (Å²) in [5, 5.41) is 11.7. The Kier molecular flexibility index (Phi) is 6.50. The number of hydrogen-bond donors (Lipinski definition) is 2. The summed E-state index contributed by atoms with van der Waals surface area (Å²) in [6.45, 7) is 1.10. The molecule has 0 heterocycles. The van der Waals surface area contributed by atoms with Crippen LogP contribution in [0.3, 0.4) is 0 Å². The highest BCUT2D eigenvalue weighted by atomic mass is 19.1. The van der Waals surface area contributed by atoms with Crippen LogP contribution in [0, 0.1) is 11.7 Å². The molecule has 1 unspecified atom stereocenters. The molecule has 0 bridgehead atoms. The number of rotatable bonds is 7. The van der Waals surface area contributed by atoms with E-state index in [-0.39, 0.29) is 18.4 Å². The molecule has 1 aromatic carbocycles. The van der Waals surface area contributed by atoms with Gasteiger partial charge in [0.15, 0.2) is 0 Å². The number of amides is 2. The van der Waals surface area contributed by atoms with Gasteiger partial charge in [-0.1, -0.05) is 25.0 Å². The third kappa shape index (κ3) is 5.55. The summed E-state index contributed by atoms with van der Waals surface area (Å²) in [6, 6.07) is 4.69. The minimum Gasteiger partial charge on any atom is -0.480 e. The number of carbonyl (C=O) groups is 3. The lowest BCUT2D eigenvalue weighted by molar-refractivity contribution is -0.146. The first-order chi connectivity index (χ1) is 11.9. The molecule has 7 heteroatoms. The first-order valence-electron chi connectivity index (χ1n) is 8.42. The van der Waals surface area contributed by atoms with Crippen LogP contribution in [0.5, 0.6) is 0 Å². The maximum absolute atomic E-state index is 13.0. The van der Waals surface area contributed by atoms with Crippen molar-refractivity contribution >= 4 is 17.8 Å². The van der Waals surface area contributed by atoms with E-state index in [0.717, 1.165) is 30.6 Å². The number of carboxylic acid groups (broad SMARTS) is 1. The smallest absolute Gasteiger partial charge is 0.323 e. The average molecular weight is 350 g/mol. The lowest BCUT2D eigenvalue weighted by atomic mass is 10.1. The van der Waals surface area contributed by atoms with Crippen molar-refractivity contribution in [2.24, 2.45) is 5.92 Å². The zero-order valence-electron chi connectivity index (χ0n) is 14.2. The van der Waals surface area contributed by atoms with E-state index >= 15 is 0 Å². The minimum absolute atomic E-state index is 0.0368. The summed E-state index contributed by atoms with van der Waals surface area (Å²) in [5.74, 6) is -2.25. The maximum atomic E-state index is 13.0. The van der Waals surface area contributed by atoms with E-state index in [2.05, 4.69) is 5.32 Å². The molecule has 2 amide bonds. The Balaban J connectivity index is 2.01. The van der Waals surface area contributed by atoms with Crippen LogP contribution < -0.4 is 5.32 Å². The Labute approximate surface area is 146 Å². The lowest BCUT2D eigenvalue weighted by Gasteiger charge is -2.25. The number of aliphatic carboxylic acids is 1. The highest BCUT2D eigenvalue weighted by Crippen LogP contribution is 2.24. The highest BCUT2D eigenvalue weighted by molar-refractivity contribution is 5.89. The molecule has 6 nitrogen and oxygen atoms in total. The van der Waals surface area contributed by atoms with Gasteiger partial charge in [0.05, 0.1) is 0 Å². The summed E-state index contributed by atoms with van der Waals surface area (Å²) in [5.41, 5.74) is 0.616. The van der Waals surface area contributed by atoms with Gasteiger partial charge in [-0.2, -0.15) is 0 Å². The van der Waals surface area contributed by atoms with Gasteiger partial charge in [-0.25, -0.2) is 4.39 Å². The van der Waals surface area contributed by atoms with E-state index in [1.54, 1.807) is 6.92 Å². The first-order valence-corrected chi connectivity index (χ1v) is 8.42. The van der Waals surface area contributed by atoms with Gasteiger partial charge >= 0.3 is 5.97 Å². The molecule has 0 saturated heterocycles. The number of halogens is 1. The molecular weight excluding hydrogens is 327 g/mol. The molecule has 136 valence electrons. The fourth-order valence-electron chi connectivity index (χ4n) is 3.04. The Morgan fingerprint density at radius 1 is 1.24 bits per heavy atom. The highest BCUT2D eigenvalue weighted by Gasteiger charge is 2.28. The van der Waals surface area contributed by atoms with E-state index in [0.29, 0.717) is 5.56 Å². The van der Waals surface area contributed by atoms with Crippen molar-refractivity contribution in [2.45, 2.75) is 45.2 Å².